The highest BCUT2D eigenvalue weighted by Crippen LogP contribution is 2.48. The minimum absolute atomic E-state index is 0.163. The Morgan fingerprint density at radius 3 is 2.63 bits per heavy atom. The summed E-state index contributed by atoms with van der Waals surface area (Å²) in [5, 5.41) is 6.17. The van der Waals surface area contributed by atoms with Crippen LogP contribution in [0.3, 0.4) is 0 Å². The van der Waals surface area contributed by atoms with E-state index in [2.05, 4.69) is 90.7 Å². The number of hydrogen-bond donors (Lipinski definition) is 1. The van der Waals surface area contributed by atoms with E-state index >= 15 is 0 Å². The van der Waals surface area contributed by atoms with Crippen molar-refractivity contribution in [1.82, 2.24) is 3.96 Å². The number of aryl methyl sites for hydroxylation is 1. The van der Waals surface area contributed by atoms with E-state index in [0.29, 0.717) is 0 Å². The Balaban J connectivity index is 1.84. The minimum Gasteiger partial charge on any atom is -0.375 e. The molecule has 4 heteroatoms. The molecule has 0 saturated carbocycles. The Kier molecular flexibility index (Phi) is 3.58. The third-order valence-electron chi connectivity index (χ3n) is 5.25. The largest absolute Gasteiger partial charge is 0.375 e. The third-order valence-corrected chi connectivity index (χ3v) is 7.21. The highest BCUT2D eigenvalue weighted by atomic mass is 32.1. The van der Waals surface area contributed by atoms with Crippen LogP contribution in [0.5, 0.6) is 0 Å². The summed E-state index contributed by atoms with van der Waals surface area (Å²) in [5.41, 5.74) is 5.81. The van der Waals surface area contributed by atoms with Gasteiger partial charge in [-0.25, -0.2) is 0 Å². The maximum atomic E-state index is 6.01. The standard InChI is InChI=1S/C23H20N2S2/c1-14-11-12-17-18(13-14)24-23(2,3)21-20(17)22(26)25(27-21)19-10-6-8-15-7-4-5-9-16(15)19/h4-13,24H,1-3H3. The van der Waals surface area contributed by atoms with Crippen LogP contribution in [0.4, 0.5) is 5.69 Å². The summed E-state index contributed by atoms with van der Waals surface area (Å²) in [7, 11) is 0. The fraction of sp³-hybridized carbons (Fsp3) is 0.174. The van der Waals surface area contributed by atoms with Gasteiger partial charge >= 0.3 is 0 Å². The summed E-state index contributed by atoms with van der Waals surface area (Å²) in [6.45, 7) is 6.59. The zero-order valence-electron chi connectivity index (χ0n) is 15.5. The smallest absolute Gasteiger partial charge is 0.129 e. The Hall–Kier alpha value is -2.43. The molecule has 4 aromatic rings. The number of hydrogen-bond acceptors (Lipinski definition) is 3. The monoisotopic (exact) mass is 388 g/mol. The van der Waals surface area contributed by atoms with Crippen LogP contribution in [0.1, 0.15) is 24.3 Å². The lowest BCUT2D eigenvalue weighted by atomic mass is 9.89. The molecule has 0 saturated heterocycles. The van der Waals surface area contributed by atoms with E-state index < -0.39 is 0 Å². The van der Waals surface area contributed by atoms with Crippen molar-refractivity contribution in [2.45, 2.75) is 26.3 Å². The van der Waals surface area contributed by atoms with E-state index in [1.54, 1.807) is 11.5 Å². The first-order chi connectivity index (χ1) is 13.0. The van der Waals surface area contributed by atoms with Crippen molar-refractivity contribution in [2.75, 3.05) is 5.32 Å². The summed E-state index contributed by atoms with van der Waals surface area (Å²) in [5.74, 6) is 0. The van der Waals surface area contributed by atoms with Crippen LogP contribution in [-0.2, 0) is 5.54 Å². The Morgan fingerprint density at radius 1 is 1.00 bits per heavy atom. The first-order valence-corrected chi connectivity index (χ1v) is 10.3. The van der Waals surface area contributed by atoms with Gasteiger partial charge in [-0.15, -0.1) is 0 Å². The fourth-order valence-electron chi connectivity index (χ4n) is 3.96. The van der Waals surface area contributed by atoms with Crippen molar-refractivity contribution >= 4 is 40.2 Å². The quantitative estimate of drug-likeness (QED) is 0.352. The van der Waals surface area contributed by atoms with Crippen molar-refractivity contribution in [3.63, 3.8) is 0 Å². The Labute approximate surface area is 168 Å². The van der Waals surface area contributed by atoms with E-state index in [0.717, 1.165) is 10.3 Å². The molecule has 2 nitrogen and oxygen atoms in total. The Bertz CT molecular complexity index is 1260. The minimum atomic E-state index is -0.163. The van der Waals surface area contributed by atoms with Crippen LogP contribution in [0.25, 0.3) is 27.6 Å². The van der Waals surface area contributed by atoms with E-state index in [9.17, 15) is 0 Å². The molecule has 0 amide bonds. The molecule has 1 N–H and O–H groups in total. The molecule has 27 heavy (non-hydrogen) atoms. The van der Waals surface area contributed by atoms with E-state index in [1.807, 2.05) is 0 Å². The van der Waals surface area contributed by atoms with Crippen LogP contribution >= 0.6 is 23.8 Å². The molecule has 0 fully saturated rings. The number of rotatable bonds is 1. The molecule has 0 aliphatic carbocycles. The lowest BCUT2D eigenvalue weighted by Gasteiger charge is -2.33. The van der Waals surface area contributed by atoms with Gasteiger partial charge in [0.05, 0.1) is 16.1 Å². The zero-order valence-corrected chi connectivity index (χ0v) is 17.2. The zero-order chi connectivity index (χ0) is 18.8. The Morgan fingerprint density at radius 2 is 1.78 bits per heavy atom. The van der Waals surface area contributed by atoms with Gasteiger partial charge in [-0.05, 0) is 43.9 Å². The highest BCUT2D eigenvalue weighted by molar-refractivity contribution is 7.71. The van der Waals surface area contributed by atoms with Crippen molar-refractivity contribution in [3.8, 4) is 16.8 Å². The molecular formula is C23H20N2S2. The second-order valence-electron chi connectivity index (χ2n) is 7.69. The predicted molar refractivity (Wildman–Crippen MR) is 119 cm³/mol. The summed E-state index contributed by atoms with van der Waals surface area (Å²) in [4.78, 5) is 1.29. The topological polar surface area (TPSA) is 17.0 Å². The molecule has 3 aromatic carbocycles. The van der Waals surface area contributed by atoms with Crippen LogP contribution in [-0.4, -0.2) is 3.96 Å². The van der Waals surface area contributed by atoms with Crippen molar-refractivity contribution in [1.29, 1.82) is 0 Å². The van der Waals surface area contributed by atoms with Crippen LogP contribution < -0.4 is 5.32 Å². The summed E-state index contributed by atoms with van der Waals surface area (Å²) >= 11 is 7.77. The molecule has 0 bridgehead atoms. The molecule has 2 heterocycles. The summed E-state index contributed by atoms with van der Waals surface area (Å²) < 4.78 is 3.12. The third kappa shape index (κ3) is 2.47. The van der Waals surface area contributed by atoms with Gasteiger partial charge in [-0.3, -0.25) is 3.96 Å². The first kappa shape index (κ1) is 16.7. The summed E-state index contributed by atoms with van der Waals surface area (Å²) in [6, 6.07) is 21.5. The van der Waals surface area contributed by atoms with Gasteiger partial charge in [0.25, 0.3) is 0 Å². The fourth-order valence-corrected chi connectivity index (χ4v) is 5.64. The molecule has 0 spiro atoms. The number of anilines is 1. The highest BCUT2D eigenvalue weighted by Gasteiger charge is 2.34. The van der Waals surface area contributed by atoms with Crippen molar-refractivity contribution in [2.24, 2.45) is 0 Å². The average molecular weight is 389 g/mol. The van der Waals surface area contributed by atoms with Gasteiger partial charge in [-0.2, -0.15) is 0 Å². The van der Waals surface area contributed by atoms with Crippen LogP contribution in [0.15, 0.2) is 60.7 Å². The van der Waals surface area contributed by atoms with E-state index in [4.69, 9.17) is 12.2 Å². The molecule has 1 aromatic heterocycles. The number of nitrogens with zero attached hydrogens (tertiary/aromatic N) is 1. The van der Waals surface area contributed by atoms with Gasteiger partial charge in [0.2, 0.25) is 0 Å². The molecule has 5 rings (SSSR count). The molecule has 0 unspecified atom stereocenters. The average Bonchev–Trinajstić information content (AvgIpc) is 2.99. The van der Waals surface area contributed by atoms with E-state index in [-0.39, 0.29) is 5.54 Å². The lowest BCUT2D eigenvalue weighted by Crippen LogP contribution is -2.30. The van der Waals surface area contributed by atoms with Gasteiger partial charge in [0.15, 0.2) is 0 Å². The normalized spacial score (nSPS) is 14.5. The molecule has 0 radical (unpaired) electrons. The molecule has 1 aliphatic heterocycles. The SMILES string of the molecule is Cc1ccc2c(c1)NC(C)(C)c1sn(-c3cccc4ccccc34)c(=S)c1-2. The maximum absolute atomic E-state index is 6.01. The van der Waals surface area contributed by atoms with Gasteiger partial charge in [0.1, 0.15) is 4.64 Å². The van der Waals surface area contributed by atoms with Crippen molar-refractivity contribution in [3.05, 3.63) is 75.7 Å². The molecule has 134 valence electrons. The van der Waals surface area contributed by atoms with Gasteiger partial charge in [-0.1, -0.05) is 72.3 Å². The molecule has 0 atom stereocenters. The van der Waals surface area contributed by atoms with Gasteiger partial charge in [0, 0.05) is 22.2 Å². The second kappa shape index (κ2) is 5.78. The lowest BCUT2D eigenvalue weighted by molar-refractivity contribution is 0.620. The number of fused-ring (bicyclic) bond motifs is 4. The number of nitrogens with one attached hydrogen (secondary N) is 1. The second-order valence-corrected chi connectivity index (χ2v) is 9.03. The predicted octanol–water partition coefficient (Wildman–Crippen LogP) is 7.06. The molecular weight excluding hydrogens is 368 g/mol. The first-order valence-electron chi connectivity index (χ1n) is 9.10. The maximum Gasteiger partial charge on any atom is 0.129 e. The van der Waals surface area contributed by atoms with Crippen molar-refractivity contribution < 1.29 is 0 Å². The number of aromatic nitrogens is 1. The van der Waals surface area contributed by atoms with Crippen LogP contribution in [0, 0.1) is 11.6 Å². The van der Waals surface area contributed by atoms with Crippen LogP contribution in [0.2, 0.25) is 0 Å². The summed E-state index contributed by atoms with van der Waals surface area (Å²) in [6.07, 6.45) is 0. The van der Waals surface area contributed by atoms with Gasteiger partial charge < -0.3 is 5.32 Å². The number of benzene rings is 3. The molecule has 1 aliphatic rings. The van der Waals surface area contributed by atoms with E-state index in [1.165, 1.54) is 38.0 Å².